The van der Waals surface area contributed by atoms with E-state index in [2.05, 4.69) is 24.1 Å². The third-order valence-corrected chi connectivity index (χ3v) is 10.7. The largest absolute Gasteiger partial charge is 0.379 e. The molecule has 246 valence electrons. The Labute approximate surface area is 258 Å². The van der Waals surface area contributed by atoms with Crippen molar-refractivity contribution >= 4 is 23.6 Å². The summed E-state index contributed by atoms with van der Waals surface area (Å²) >= 11 is 0. The summed E-state index contributed by atoms with van der Waals surface area (Å²) in [6, 6.07) is -1.10. The zero-order valence-corrected chi connectivity index (χ0v) is 27.9. The highest BCUT2D eigenvalue weighted by atomic mass is 16.5. The van der Waals surface area contributed by atoms with Crippen molar-refractivity contribution in [2.75, 3.05) is 34.9 Å². The second-order valence-electron chi connectivity index (χ2n) is 13.6. The van der Waals surface area contributed by atoms with Crippen LogP contribution in [0.1, 0.15) is 79.6 Å². The van der Waals surface area contributed by atoms with Gasteiger partial charge < -0.3 is 30.3 Å². The number of rotatable bonds is 15. The molecule has 10 unspecified atom stereocenters. The highest BCUT2D eigenvalue weighted by molar-refractivity contribution is 5.90. The first-order valence-corrected chi connectivity index (χ1v) is 16.2. The van der Waals surface area contributed by atoms with Crippen LogP contribution in [0.2, 0.25) is 0 Å². The molecule has 0 aromatic heterocycles. The van der Waals surface area contributed by atoms with Crippen LogP contribution in [0, 0.1) is 23.7 Å². The molecule has 1 aliphatic carbocycles. The molecule has 43 heavy (non-hydrogen) atoms. The van der Waals surface area contributed by atoms with E-state index in [9.17, 15) is 19.2 Å². The van der Waals surface area contributed by atoms with E-state index in [1.54, 1.807) is 38.0 Å². The van der Waals surface area contributed by atoms with Crippen LogP contribution >= 0.6 is 0 Å². The molecule has 3 aliphatic rings. The molecular weight excluding hydrogens is 550 g/mol. The van der Waals surface area contributed by atoms with E-state index in [1.807, 2.05) is 20.9 Å². The second kappa shape index (κ2) is 15.2. The minimum absolute atomic E-state index is 0.0305. The second-order valence-corrected chi connectivity index (χ2v) is 13.6. The molecule has 0 aromatic rings. The molecule has 3 rings (SSSR count). The number of ether oxygens (including phenoxy) is 2. The van der Waals surface area contributed by atoms with Gasteiger partial charge in [-0.25, -0.2) is 0 Å². The average molecular weight is 608 g/mol. The van der Waals surface area contributed by atoms with Gasteiger partial charge in [-0.05, 0) is 56.9 Å². The number of primary amides is 1. The molecule has 3 N–H and O–H groups in total. The van der Waals surface area contributed by atoms with E-state index in [-0.39, 0.29) is 48.1 Å². The van der Waals surface area contributed by atoms with Crippen molar-refractivity contribution in [2.45, 2.75) is 122 Å². The third kappa shape index (κ3) is 7.53. The molecule has 0 aromatic carbocycles. The number of methoxy groups -OCH3 is 2. The smallest absolute Gasteiger partial charge is 0.245 e. The van der Waals surface area contributed by atoms with Crippen LogP contribution < -0.4 is 11.1 Å². The number of nitrogens with one attached hydrogen (secondary N) is 1. The van der Waals surface area contributed by atoms with Crippen LogP contribution in [0.15, 0.2) is 0 Å². The number of carbonyl (C=O) groups is 4. The molecule has 10 atom stereocenters. The number of likely N-dealkylation sites (N-methyl/N-ethyl adjacent to an activating group) is 2. The van der Waals surface area contributed by atoms with Crippen LogP contribution in [0.4, 0.5) is 0 Å². The summed E-state index contributed by atoms with van der Waals surface area (Å²) < 4.78 is 11.6. The van der Waals surface area contributed by atoms with Gasteiger partial charge in [-0.15, -0.1) is 0 Å². The molecule has 4 amide bonds. The SMILES string of the molecule is CCC(C)C(C(CC(=O)N1CCCC1C(OC)C(C)C(N)=O)OC)N(C)C(=O)C(NC(=O)C1C2CCC(C2)N1C)C(C)C. The molecule has 2 bridgehead atoms. The number of likely N-dealkylation sites (tertiary alicyclic amines) is 2. The zero-order valence-electron chi connectivity index (χ0n) is 27.9. The fourth-order valence-corrected chi connectivity index (χ4v) is 7.90. The fourth-order valence-electron chi connectivity index (χ4n) is 7.90. The lowest BCUT2D eigenvalue weighted by molar-refractivity contribution is -0.147. The van der Waals surface area contributed by atoms with Gasteiger partial charge in [0, 0.05) is 33.9 Å². The fraction of sp³-hybridized carbons (Fsp3) is 0.875. The summed E-state index contributed by atoms with van der Waals surface area (Å²) in [4.78, 5) is 59.0. The van der Waals surface area contributed by atoms with Crippen molar-refractivity contribution in [1.82, 2.24) is 20.0 Å². The maximum Gasteiger partial charge on any atom is 0.245 e. The monoisotopic (exact) mass is 607 g/mol. The van der Waals surface area contributed by atoms with Gasteiger partial charge in [0.2, 0.25) is 23.6 Å². The van der Waals surface area contributed by atoms with Gasteiger partial charge in [0.15, 0.2) is 0 Å². The van der Waals surface area contributed by atoms with Crippen LogP contribution in [-0.4, -0.2) is 116 Å². The van der Waals surface area contributed by atoms with E-state index in [4.69, 9.17) is 15.2 Å². The maximum atomic E-state index is 14.1. The van der Waals surface area contributed by atoms with Crippen LogP contribution in [0.5, 0.6) is 0 Å². The quantitative estimate of drug-likeness (QED) is 0.291. The molecule has 1 saturated carbocycles. The van der Waals surface area contributed by atoms with E-state index < -0.39 is 36.1 Å². The number of fused-ring (bicyclic) bond motifs is 2. The van der Waals surface area contributed by atoms with Gasteiger partial charge in [0.25, 0.3) is 0 Å². The number of carbonyl (C=O) groups excluding carboxylic acids is 4. The van der Waals surface area contributed by atoms with Crippen molar-refractivity contribution in [3.8, 4) is 0 Å². The number of hydrogen-bond donors (Lipinski definition) is 2. The molecule has 2 aliphatic heterocycles. The Morgan fingerprint density at radius 3 is 2.23 bits per heavy atom. The highest BCUT2D eigenvalue weighted by Crippen LogP contribution is 2.41. The van der Waals surface area contributed by atoms with Gasteiger partial charge in [-0.2, -0.15) is 0 Å². The van der Waals surface area contributed by atoms with E-state index >= 15 is 0 Å². The molecule has 2 heterocycles. The summed E-state index contributed by atoms with van der Waals surface area (Å²) in [7, 11) is 6.89. The minimum atomic E-state index is -0.689. The number of nitrogens with two attached hydrogens (primary N) is 1. The topological polar surface area (TPSA) is 135 Å². The standard InChI is InChI=1S/C32H57N5O6/c1-10-19(4)27(24(42-8)17-25(38)37-15-11-12-23(37)29(43-9)20(5)30(33)39)36(7)32(41)26(18(2)3)34-31(40)28-21-13-14-22(16-21)35(28)6/h18-24,26-29H,10-17H2,1-9H3,(H2,33,39)(H,34,40). The summed E-state index contributed by atoms with van der Waals surface area (Å²) in [6.07, 6.45) is 4.55. The van der Waals surface area contributed by atoms with Crippen molar-refractivity contribution in [3.63, 3.8) is 0 Å². The summed E-state index contributed by atoms with van der Waals surface area (Å²) in [6.45, 7) is 10.3. The van der Waals surface area contributed by atoms with E-state index in [0.29, 0.717) is 18.5 Å². The Kier molecular flexibility index (Phi) is 12.4. The molecule has 11 heteroatoms. The van der Waals surface area contributed by atoms with Gasteiger partial charge >= 0.3 is 0 Å². The molecule has 11 nitrogen and oxygen atoms in total. The lowest BCUT2D eigenvalue weighted by atomic mass is 9.89. The van der Waals surface area contributed by atoms with Crippen molar-refractivity contribution in [3.05, 3.63) is 0 Å². The third-order valence-electron chi connectivity index (χ3n) is 10.7. The van der Waals surface area contributed by atoms with Crippen LogP contribution in [-0.2, 0) is 28.7 Å². The molecule has 0 spiro atoms. The maximum absolute atomic E-state index is 14.1. The Bertz CT molecular complexity index is 991. The summed E-state index contributed by atoms with van der Waals surface area (Å²) in [5, 5.41) is 3.11. The highest BCUT2D eigenvalue weighted by Gasteiger charge is 2.48. The number of amides is 4. The Hall–Kier alpha value is -2.24. The van der Waals surface area contributed by atoms with E-state index in [1.165, 1.54) is 0 Å². The van der Waals surface area contributed by atoms with Crippen molar-refractivity contribution in [2.24, 2.45) is 29.4 Å². The van der Waals surface area contributed by atoms with Gasteiger partial charge in [0.05, 0.1) is 42.7 Å². The molecule has 3 fully saturated rings. The zero-order chi connectivity index (χ0) is 32.2. The van der Waals surface area contributed by atoms with E-state index in [0.717, 1.165) is 38.5 Å². The van der Waals surface area contributed by atoms with Crippen LogP contribution in [0.25, 0.3) is 0 Å². The lowest BCUT2D eigenvalue weighted by Crippen LogP contribution is -2.60. The lowest BCUT2D eigenvalue weighted by Gasteiger charge is -2.41. The van der Waals surface area contributed by atoms with Gasteiger partial charge in [-0.3, -0.25) is 24.1 Å². The Morgan fingerprint density at radius 2 is 1.72 bits per heavy atom. The minimum Gasteiger partial charge on any atom is -0.379 e. The summed E-state index contributed by atoms with van der Waals surface area (Å²) in [5.41, 5.74) is 5.58. The first-order chi connectivity index (χ1) is 20.3. The summed E-state index contributed by atoms with van der Waals surface area (Å²) in [5.74, 6) is -1.11. The molecule has 0 radical (unpaired) electrons. The number of hydrogen-bond acceptors (Lipinski definition) is 7. The van der Waals surface area contributed by atoms with Crippen molar-refractivity contribution in [1.29, 1.82) is 0 Å². The first-order valence-electron chi connectivity index (χ1n) is 16.2. The Balaban J connectivity index is 1.77. The van der Waals surface area contributed by atoms with Gasteiger partial charge in [0.1, 0.15) is 6.04 Å². The molecular formula is C32H57N5O6. The molecule has 2 saturated heterocycles. The first kappa shape index (κ1) is 35.2. The van der Waals surface area contributed by atoms with Crippen molar-refractivity contribution < 1.29 is 28.7 Å². The Morgan fingerprint density at radius 1 is 1.05 bits per heavy atom. The normalized spacial score (nSPS) is 27.9. The average Bonchev–Trinajstić information content (AvgIpc) is 3.72. The van der Waals surface area contributed by atoms with Gasteiger partial charge in [-0.1, -0.05) is 41.0 Å². The predicted octanol–water partition coefficient (Wildman–Crippen LogP) is 2.02. The predicted molar refractivity (Wildman–Crippen MR) is 165 cm³/mol. The number of nitrogens with zero attached hydrogens (tertiary/aromatic N) is 3. The van der Waals surface area contributed by atoms with Crippen LogP contribution in [0.3, 0.4) is 0 Å². The number of piperidine rings is 1.